The fourth-order valence-corrected chi connectivity index (χ4v) is 4.41. The fourth-order valence-electron chi connectivity index (χ4n) is 3.00. The number of anilines is 1. The molecule has 0 amide bonds. The van der Waals surface area contributed by atoms with Crippen molar-refractivity contribution in [1.82, 2.24) is 4.90 Å². The molecule has 2 aliphatic rings. The molecule has 2 heterocycles. The van der Waals surface area contributed by atoms with Crippen molar-refractivity contribution in [2.24, 2.45) is 10.7 Å². The number of ether oxygens (including phenoxy) is 1. The largest absolute Gasteiger partial charge is 0.374 e. The van der Waals surface area contributed by atoms with E-state index in [9.17, 15) is 8.42 Å². The number of halogens is 2. The maximum Gasteiger partial charge on any atom is 0.191 e. The summed E-state index contributed by atoms with van der Waals surface area (Å²) in [7, 11) is -3.01. The highest BCUT2D eigenvalue weighted by Crippen LogP contribution is 2.19. The second kappa shape index (κ2) is 9.43. The summed E-state index contributed by atoms with van der Waals surface area (Å²) in [6, 6.07) is 7.79. The highest BCUT2D eigenvalue weighted by atomic mass is 127. The molecule has 1 aromatic carbocycles. The summed E-state index contributed by atoms with van der Waals surface area (Å²) < 4.78 is 28.7. The summed E-state index contributed by atoms with van der Waals surface area (Å²) in [5, 5.41) is 0.728. The van der Waals surface area contributed by atoms with Gasteiger partial charge >= 0.3 is 0 Å². The van der Waals surface area contributed by atoms with Crippen LogP contribution in [0.4, 0.5) is 5.69 Å². The molecule has 0 saturated carbocycles. The molecule has 1 aromatic rings. The number of piperazine rings is 1. The third-order valence-corrected chi connectivity index (χ3v) is 6.36. The zero-order valence-electron chi connectivity index (χ0n) is 14.4. The molecule has 10 heteroatoms. The van der Waals surface area contributed by atoms with Crippen LogP contribution in [-0.2, 0) is 14.6 Å². The highest BCUT2D eigenvalue weighted by molar-refractivity contribution is 14.0. The summed E-state index contributed by atoms with van der Waals surface area (Å²) in [6.07, 6.45) is -0.396. The maximum absolute atomic E-state index is 11.6. The van der Waals surface area contributed by atoms with Gasteiger partial charge in [-0.3, -0.25) is 4.99 Å². The Bertz CT molecular complexity index is 722. The van der Waals surface area contributed by atoms with Crippen molar-refractivity contribution >= 4 is 57.1 Å². The van der Waals surface area contributed by atoms with Crippen molar-refractivity contribution in [3.63, 3.8) is 0 Å². The quantitative estimate of drug-likeness (QED) is 0.371. The monoisotopic (exact) mass is 514 g/mol. The van der Waals surface area contributed by atoms with Crippen LogP contribution in [0.1, 0.15) is 0 Å². The van der Waals surface area contributed by atoms with Crippen LogP contribution in [0.25, 0.3) is 0 Å². The highest BCUT2D eigenvalue weighted by Gasteiger charge is 2.25. The summed E-state index contributed by atoms with van der Waals surface area (Å²) >= 11 is 5.92. The van der Waals surface area contributed by atoms with E-state index in [-0.39, 0.29) is 48.6 Å². The third-order valence-electron chi connectivity index (χ3n) is 4.44. The molecule has 3 rings (SSSR count). The van der Waals surface area contributed by atoms with Gasteiger partial charge in [-0.15, -0.1) is 24.0 Å². The van der Waals surface area contributed by atoms with Crippen molar-refractivity contribution < 1.29 is 13.2 Å². The molecule has 2 N–H and O–H groups in total. The van der Waals surface area contributed by atoms with E-state index >= 15 is 0 Å². The van der Waals surface area contributed by atoms with Gasteiger partial charge in [-0.05, 0) is 24.3 Å². The Morgan fingerprint density at radius 3 is 2.50 bits per heavy atom. The van der Waals surface area contributed by atoms with E-state index in [0.717, 1.165) is 36.9 Å². The number of hydrogen-bond donors (Lipinski definition) is 1. The summed E-state index contributed by atoms with van der Waals surface area (Å²) in [5.74, 6) is 0.561. The number of sulfone groups is 1. The second-order valence-corrected chi connectivity index (χ2v) is 8.92. The number of guanidine groups is 1. The van der Waals surface area contributed by atoms with E-state index in [0.29, 0.717) is 5.96 Å². The lowest BCUT2D eigenvalue weighted by Gasteiger charge is -2.36. The lowest BCUT2D eigenvalue weighted by molar-refractivity contribution is 0.0781. The molecular weight excluding hydrogens is 491 g/mol. The van der Waals surface area contributed by atoms with E-state index in [2.05, 4.69) is 9.89 Å². The smallest absolute Gasteiger partial charge is 0.191 e. The van der Waals surface area contributed by atoms with E-state index < -0.39 is 15.9 Å². The fraction of sp³-hybridized carbons (Fsp3) is 0.562. The van der Waals surface area contributed by atoms with E-state index in [1.165, 1.54) is 0 Å². The Balaban J connectivity index is 0.00000243. The predicted molar refractivity (Wildman–Crippen MR) is 116 cm³/mol. The van der Waals surface area contributed by atoms with E-state index in [4.69, 9.17) is 22.1 Å². The molecular formula is C16H24ClIN4O3S. The first-order chi connectivity index (χ1) is 11.9. The first-order valence-corrected chi connectivity index (χ1v) is 10.5. The van der Waals surface area contributed by atoms with Gasteiger partial charge in [0, 0.05) is 36.9 Å². The minimum absolute atomic E-state index is 0. The maximum atomic E-state index is 11.6. The molecule has 0 spiro atoms. The minimum atomic E-state index is -3.01. The van der Waals surface area contributed by atoms with E-state index in [1.807, 2.05) is 29.2 Å². The van der Waals surface area contributed by atoms with Gasteiger partial charge in [-0.25, -0.2) is 8.42 Å². The summed E-state index contributed by atoms with van der Waals surface area (Å²) in [6.45, 7) is 3.73. The molecule has 2 saturated heterocycles. The summed E-state index contributed by atoms with van der Waals surface area (Å²) in [5.41, 5.74) is 7.21. The van der Waals surface area contributed by atoms with Gasteiger partial charge in [-0.2, -0.15) is 0 Å². The molecule has 7 nitrogen and oxygen atoms in total. The van der Waals surface area contributed by atoms with Crippen LogP contribution in [0.15, 0.2) is 29.3 Å². The molecule has 2 fully saturated rings. The first kappa shape index (κ1) is 21.5. The lowest BCUT2D eigenvalue weighted by Crippen LogP contribution is -2.51. The SMILES string of the molecule is I.NC(=NCC1CS(=O)(=O)CCO1)N1CCN(c2ccc(Cl)cc2)CC1. The van der Waals surface area contributed by atoms with Gasteiger partial charge in [0.1, 0.15) is 0 Å². The van der Waals surface area contributed by atoms with Crippen molar-refractivity contribution in [3.8, 4) is 0 Å². The van der Waals surface area contributed by atoms with Crippen LogP contribution in [0.3, 0.4) is 0 Å². The van der Waals surface area contributed by atoms with Crippen LogP contribution in [0.2, 0.25) is 5.02 Å². The molecule has 0 aromatic heterocycles. The number of aliphatic imine (C=N–C) groups is 1. The number of rotatable bonds is 3. The Morgan fingerprint density at radius 1 is 1.23 bits per heavy atom. The van der Waals surface area contributed by atoms with Crippen molar-refractivity contribution in [1.29, 1.82) is 0 Å². The van der Waals surface area contributed by atoms with E-state index in [1.54, 1.807) is 0 Å². The lowest BCUT2D eigenvalue weighted by atomic mass is 10.2. The topological polar surface area (TPSA) is 88.2 Å². The van der Waals surface area contributed by atoms with Gasteiger partial charge in [0.2, 0.25) is 0 Å². The standard InChI is InChI=1S/C16H23ClN4O3S.HI/c17-13-1-3-14(4-2-13)20-5-7-21(8-6-20)16(18)19-11-15-12-25(22,23)10-9-24-15;/h1-4,15H,5-12H2,(H2,18,19);1H. The number of nitrogens with two attached hydrogens (primary N) is 1. The van der Waals surface area contributed by atoms with Crippen LogP contribution in [0.5, 0.6) is 0 Å². The van der Waals surface area contributed by atoms with Crippen LogP contribution >= 0.6 is 35.6 Å². The Kier molecular flexibility index (Phi) is 7.80. The molecule has 0 bridgehead atoms. The molecule has 26 heavy (non-hydrogen) atoms. The van der Waals surface area contributed by atoms with Gasteiger partial charge in [0.15, 0.2) is 15.8 Å². The summed E-state index contributed by atoms with van der Waals surface area (Å²) in [4.78, 5) is 8.63. The van der Waals surface area contributed by atoms with Crippen molar-refractivity contribution in [2.75, 3.05) is 55.7 Å². The molecule has 1 unspecified atom stereocenters. The van der Waals surface area contributed by atoms with Crippen molar-refractivity contribution in [2.45, 2.75) is 6.10 Å². The minimum Gasteiger partial charge on any atom is -0.374 e. The molecule has 0 aliphatic carbocycles. The first-order valence-electron chi connectivity index (χ1n) is 8.30. The zero-order chi connectivity index (χ0) is 17.9. The van der Waals surface area contributed by atoms with Crippen LogP contribution in [-0.4, -0.2) is 76.2 Å². The molecule has 146 valence electrons. The van der Waals surface area contributed by atoms with Crippen molar-refractivity contribution in [3.05, 3.63) is 29.3 Å². The normalized spacial score (nSPS) is 23.4. The predicted octanol–water partition coefficient (Wildman–Crippen LogP) is 1.21. The number of hydrogen-bond acceptors (Lipinski definition) is 5. The van der Waals surface area contributed by atoms with Crippen LogP contribution in [0, 0.1) is 0 Å². The second-order valence-electron chi connectivity index (χ2n) is 6.26. The van der Waals surface area contributed by atoms with Gasteiger partial charge in [0.05, 0.1) is 30.8 Å². The van der Waals surface area contributed by atoms with Gasteiger partial charge in [0.25, 0.3) is 0 Å². The Hall–Kier alpha value is -0.780. The Labute approximate surface area is 176 Å². The molecule has 2 aliphatic heterocycles. The third kappa shape index (κ3) is 5.86. The number of nitrogens with zero attached hydrogens (tertiary/aromatic N) is 3. The van der Waals surface area contributed by atoms with Gasteiger partial charge in [-0.1, -0.05) is 11.6 Å². The average Bonchev–Trinajstić information content (AvgIpc) is 2.60. The average molecular weight is 515 g/mol. The van der Waals surface area contributed by atoms with Crippen LogP contribution < -0.4 is 10.6 Å². The zero-order valence-corrected chi connectivity index (χ0v) is 18.3. The van der Waals surface area contributed by atoms with Gasteiger partial charge < -0.3 is 20.3 Å². The molecule has 0 radical (unpaired) electrons. The number of benzene rings is 1. The Morgan fingerprint density at radius 2 is 1.88 bits per heavy atom. The molecule has 1 atom stereocenters.